The van der Waals surface area contributed by atoms with E-state index in [1.807, 2.05) is 19.0 Å². The van der Waals surface area contributed by atoms with Crippen molar-refractivity contribution in [1.29, 1.82) is 0 Å². The minimum atomic E-state index is -3.90. The van der Waals surface area contributed by atoms with Gasteiger partial charge in [0.05, 0.1) is 10.4 Å². The molecule has 0 aliphatic heterocycles. The fraction of sp³-hybridized carbons (Fsp3) is 0.167. The summed E-state index contributed by atoms with van der Waals surface area (Å²) in [5.41, 5.74) is 2.01. The number of nitrogens with one attached hydrogen (secondary N) is 2. The fourth-order valence-electron chi connectivity index (χ4n) is 3.37. The first-order valence-electron chi connectivity index (χ1n) is 10.6. The molecule has 1 heterocycles. The second-order valence-corrected chi connectivity index (χ2v) is 9.78. The highest BCUT2D eigenvalue weighted by Gasteiger charge is 2.15. The van der Waals surface area contributed by atoms with Gasteiger partial charge in [-0.15, -0.1) is 0 Å². The van der Waals surface area contributed by atoms with E-state index in [0.29, 0.717) is 35.4 Å². The molecule has 0 saturated heterocycles. The number of rotatable bonds is 8. The van der Waals surface area contributed by atoms with Crippen molar-refractivity contribution in [2.75, 3.05) is 30.7 Å². The smallest absolute Gasteiger partial charge is 0.408 e. The molecular formula is C24H23FN4O5S. The number of hydrogen-bond acceptors (Lipinski definition) is 6. The van der Waals surface area contributed by atoms with Crippen LogP contribution in [0.3, 0.4) is 0 Å². The second-order valence-electron chi connectivity index (χ2n) is 8.10. The van der Waals surface area contributed by atoms with Crippen molar-refractivity contribution in [1.82, 2.24) is 9.47 Å². The third-order valence-electron chi connectivity index (χ3n) is 5.22. The molecule has 1 amide bonds. The average molecular weight is 499 g/mol. The minimum absolute atomic E-state index is 0.0839. The number of carbonyl (C=O) groups is 1. The number of sulfonamides is 1. The maximum atomic E-state index is 13.1. The lowest BCUT2D eigenvalue weighted by Crippen LogP contribution is -2.23. The number of amides is 1. The van der Waals surface area contributed by atoms with Gasteiger partial charge < -0.3 is 14.6 Å². The van der Waals surface area contributed by atoms with Gasteiger partial charge in [0.25, 0.3) is 15.9 Å². The van der Waals surface area contributed by atoms with Crippen molar-refractivity contribution < 1.29 is 22.0 Å². The second kappa shape index (κ2) is 9.72. The number of halogens is 1. The van der Waals surface area contributed by atoms with Crippen LogP contribution >= 0.6 is 0 Å². The summed E-state index contributed by atoms with van der Waals surface area (Å²) in [6.45, 7) is 1.08. The lowest BCUT2D eigenvalue weighted by molar-refractivity contribution is 0.102. The lowest BCUT2D eigenvalue weighted by atomic mass is 10.2. The Bertz CT molecular complexity index is 1530. The van der Waals surface area contributed by atoms with Crippen LogP contribution in [0.1, 0.15) is 10.4 Å². The molecule has 182 valence electrons. The van der Waals surface area contributed by atoms with Crippen molar-refractivity contribution in [2.24, 2.45) is 0 Å². The maximum absolute atomic E-state index is 13.1. The molecule has 1 aromatic heterocycles. The third kappa shape index (κ3) is 5.58. The highest BCUT2D eigenvalue weighted by atomic mass is 32.2. The molecule has 0 spiro atoms. The van der Waals surface area contributed by atoms with Crippen LogP contribution in [-0.2, 0) is 16.6 Å². The number of fused-ring (bicyclic) bond motifs is 1. The zero-order chi connectivity index (χ0) is 25.2. The normalized spacial score (nSPS) is 11.7. The van der Waals surface area contributed by atoms with Gasteiger partial charge in [-0.25, -0.2) is 17.6 Å². The van der Waals surface area contributed by atoms with Crippen molar-refractivity contribution in [3.8, 4) is 0 Å². The molecule has 9 nitrogen and oxygen atoms in total. The largest absolute Gasteiger partial charge is 0.419 e. The van der Waals surface area contributed by atoms with Crippen LogP contribution in [0, 0.1) is 5.82 Å². The summed E-state index contributed by atoms with van der Waals surface area (Å²) in [6, 6.07) is 15.2. The summed E-state index contributed by atoms with van der Waals surface area (Å²) in [5, 5.41) is 2.77. The van der Waals surface area contributed by atoms with Gasteiger partial charge >= 0.3 is 5.76 Å². The van der Waals surface area contributed by atoms with Crippen LogP contribution < -0.4 is 15.8 Å². The van der Waals surface area contributed by atoms with Crippen molar-refractivity contribution in [3.05, 3.63) is 88.7 Å². The molecule has 11 heteroatoms. The summed E-state index contributed by atoms with van der Waals surface area (Å²) in [6.07, 6.45) is 0. The minimum Gasteiger partial charge on any atom is -0.408 e. The predicted molar refractivity (Wildman–Crippen MR) is 131 cm³/mol. The van der Waals surface area contributed by atoms with Crippen molar-refractivity contribution >= 4 is 38.4 Å². The molecule has 0 fully saturated rings. The summed E-state index contributed by atoms with van der Waals surface area (Å²) < 4.78 is 47.1. The molecule has 0 unspecified atom stereocenters. The molecule has 4 rings (SSSR count). The van der Waals surface area contributed by atoms with Crippen molar-refractivity contribution in [3.63, 3.8) is 0 Å². The highest BCUT2D eigenvalue weighted by molar-refractivity contribution is 7.92. The van der Waals surface area contributed by atoms with Gasteiger partial charge in [-0.3, -0.25) is 14.1 Å². The first kappa shape index (κ1) is 24.2. The molecule has 0 aliphatic carbocycles. The van der Waals surface area contributed by atoms with E-state index in [1.165, 1.54) is 28.8 Å². The van der Waals surface area contributed by atoms with Crippen LogP contribution in [0.25, 0.3) is 11.1 Å². The quantitative estimate of drug-likeness (QED) is 0.385. The summed E-state index contributed by atoms with van der Waals surface area (Å²) >= 11 is 0. The fourth-order valence-corrected chi connectivity index (χ4v) is 4.43. The van der Waals surface area contributed by atoms with Gasteiger partial charge in [0.2, 0.25) is 0 Å². The number of benzene rings is 3. The summed E-state index contributed by atoms with van der Waals surface area (Å²) in [5.74, 6) is -1.42. The molecule has 0 aliphatic rings. The number of aromatic nitrogens is 1. The zero-order valence-electron chi connectivity index (χ0n) is 19.0. The highest BCUT2D eigenvalue weighted by Crippen LogP contribution is 2.21. The molecule has 0 radical (unpaired) electrons. The number of nitrogens with zero attached hydrogens (tertiary/aromatic N) is 2. The van der Waals surface area contributed by atoms with E-state index in [-0.39, 0.29) is 10.6 Å². The van der Waals surface area contributed by atoms with Crippen LogP contribution in [-0.4, -0.2) is 44.4 Å². The molecular weight excluding hydrogens is 475 g/mol. The Balaban J connectivity index is 1.48. The van der Waals surface area contributed by atoms with E-state index in [1.54, 1.807) is 18.2 Å². The number of anilines is 2. The molecule has 4 aromatic rings. The molecule has 35 heavy (non-hydrogen) atoms. The molecule has 0 saturated carbocycles. The molecule has 3 aromatic carbocycles. The number of carbonyl (C=O) groups excluding carboxylic acids is 1. The van der Waals surface area contributed by atoms with Crippen LogP contribution in [0.15, 0.2) is 80.8 Å². The number of likely N-dealkylation sites (N-methyl/N-ethyl adjacent to an activating group) is 1. The molecule has 0 atom stereocenters. The first-order valence-corrected chi connectivity index (χ1v) is 12.1. The lowest BCUT2D eigenvalue weighted by Gasteiger charge is -2.10. The predicted octanol–water partition coefficient (Wildman–Crippen LogP) is 3.35. The van der Waals surface area contributed by atoms with Crippen molar-refractivity contribution in [2.45, 2.75) is 11.4 Å². The van der Waals surface area contributed by atoms with Gasteiger partial charge in [0.15, 0.2) is 5.58 Å². The Morgan fingerprint density at radius 3 is 2.31 bits per heavy atom. The summed E-state index contributed by atoms with van der Waals surface area (Å²) in [4.78, 5) is 26.7. The average Bonchev–Trinajstić information content (AvgIpc) is 3.12. The third-order valence-corrected chi connectivity index (χ3v) is 6.62. The summed E-state index contributed by atoms with van der Waals surface area (Å²) in [7, 11) is -0.100. The van der Waals surface area contributed by atoms with E-state index < -0.39 is 27.5 Å². The van der Waals surface area contributed by atoms with E-state index in [4.69, 9.17) is 4.42 Å². The van der Waals surface area contributed by atoms with Gasteiger partial charge in [-0.1, -0.05) is 0 Å². The first-order chi connectivity index (χ1) is 16.6. The van der Waals surface area contributed by atoms with Crippen LogP contribution in [0.4, 0.5) is 15.8 Å². The molecule has 2 N–H and O–H groups in total. The Morgan fingerprint density at radius 2 is 1.66 bits per heavy atom. The van der Waals surface area contributed by atoms with E-state index in [9.17, 15) is 22.4 Å². The van der Waals surface area contributed by atoms with Crippen LogP contribution in [0.2, 0.25) is 0 Å². The monoisotopic (exact) mass is 498 g/mol. The van der Waals surface area contributed by atoms with Gasteiger partial charge in [0, 0.05) is 30.0 Å². The Labute approximate surface area is 200 Å². The molecule has 0 bridgehead atoms. The zero-order valence-corrected chi connectivity index (χ0v) is 19.8. The number of hydrogen-bond donors (Lipinski definition) is 2. The van der Waals surface area contributed by atoms with Gasteiger partial charge in [-0.05, 0) is 80.8 Å². The Hall–Kier alpha value is -3.96. The number of oxazole rings is 1. The van der Waals surface area contributed by atoms with E-state index in [2.05, 4.69) is 10.0 Å². The van der Waals surface area contributed by atoms with Crippen LogP contribution in [0.5, 0.6) is 0 Å². The van der Waals surface area contributed by atoms with Gasteiger partial charge in [0.1, 0.15) is 5.82 Å². The Kier molecular flexibility index (Phi) is 6.72. The maximum Gasteiger partial charge on any atom is 0.419 e. The standard InChI is InChI=1S/C24H23FN4O5S/c1-28(2)13-14-29-21-15-19(9-12-22(21)34-24(29)31)26-23(30)16-3-7-18(8-4-16)27-35(32,33)20-10-5-17(25)6-11-20/h3-12,15,27H,13-14H2,1-2H3,(H,26,30). The Morgan fingerprint density at radius 1 is 1.00 bits per heavy atom. The SMILES string of the molecule is CN(C)CCn1c(=O)oc2ccc(NC(=O)c3ccc(NS(=O)(=O)c4ccc(F)cc4)cc3)cc21. The van der Waals surface area contributed by atoms with Gasteiger partial charge in [-0.2, -0.15) is 0 Å². The topological polar surface area (TPSA) is 114 Å². The van der Waals surface area contributed by atoms with E-state index >= 15 is 0 Å². The van der Waals surface area contributed by atoms with E-state index in [0.717, 1.165) is 24.3 Å².